The van der Waals surface area contributed by atoms with Crippen LogP contribution < -0.4 is 4.74 Å². The lowest BCUT2D eigenvalue weighted by molar-refractivity contribution is -0.135. The third kappa shape index (κ3) is 2.69. The van der Waals surface area contributed by atoms with Crippen LogP contribution in [0.2, 0.25) is 0 Å². The molecule has 2 rings (SSSR count). The quantitative estimate of drug-likeness (QED) is 0.619. The van der Waals surface area contributed by atoms with Crippen LogP contribution in [0.3, 0.4) is 0 Å². The Bertz CT molecular complexity index is 595. The van der Waals surface area contributed by atoms with Crippen LogP contribution in [0, 0.1) is 0 Å². The van der Waals surface area contributed by atoms with Crippen molar-refractivity contribution >= 4 is 46.2 Å². The van der Waals surface area contributed by atoms with Gasteiger partial charge in [0.05, 0.1) is 12.0 Å². The lowest BCUT2D eigenvalue weighted by Crippen LogP contribution is -2.32. The first-order valence-electron chi connectivity index (χ1n) is 5.46. The van der Waals surface area contributed by atoms with E-state index in [2.05, 4.69) is 0 Å². The van der Waals surface area contributed by atoms with Crippen molar-refractivity contribution in [3.63, 3.8) is 0 Å². The number of benzene rings is 1. The van der Waals surface area contributed by atoms with Crippen LogP contribution in [-0.4, -0.2) is 28.1 Å². The summed E-state index contributed by atoms with van der Waals surface area (Å²) in [5.41, 5.74) is 0.772. The van der Waals surface area contributed by atoms with E-state index in [1.54, 1.807) is 19.3 Å². The van der Waals surface area contributed by atoms with Gasteiger partial charge < -0.3 is 4.74 Å². The Balaban J connectivity index is 2.38. The molecule has 1 heterocycles. The predicted molar refractivity (Wildman–Crippen MR) is 78.7 cm³/mol. The highest BCUT2D eigenvalue weighted by Gasteiger charge is 2.34. The zero-order valence-electron chi connectivity index (χ0n) is 10.4. The molecular formula is C13H11NO3S2. The Morgan fingerprint density at radius 3 is 2.68 bits per heavy atom. The zero-order valence-corrected chi connectivity index (χ0v) is 12.0. The molecule has 4 nitrogen and oxygen atoms in total. The smallest absolute Gasteiger partial charge is 0.273 e. The minimum Gasteiger partial charge on any atom is -0.496 e. The van der Waals surface area contributed by atoms with Gasteiger partial charge in [0, 0.05) is 12.5 Å². The average molecular weight is 293 g/mol. The standard InChI is InChI=1S/C13H11NO3S2/c1-8(15)14-12(16)11(19-13(14)18)7-9-5-3-4-6-10(9)17-2/h3-7H,1-2H3. The van der Waals surface area contributed by atoms with Crippen LogP contribution in [0.15, 0.2) is 29.2 Å². The highest BCUT2D eigenvalue weighted by molar-refractivity contribution is 8.26. The first kappa shape index (κ1) is 13.8. The van der Waals surface area contributed by atoms with Crippen molar-refractivity contribution in [2.24, 2.45) is 0 Å². The maximum atomic E-state index is 12.0. The Hall–Kier alpha value is -1.66. The third-order valence-electron chi connectivity index (χ3n) is 2.53. The number of hydrogen-bond donors (Lipinski definition) is 0. The number of nitrogens with zero attached hydrogens (tertiary/aromatic N) is 1. The molecule has 6 heteroatoms. The summed E-state index contributed by atoms with van der Waals surface area (Å²) in [5, 5.41) is 0. The molecular weight excluding hydrogens is 282 g/mol. The fraction of sp³-hybridized carbons (Fsp3) is 0.154. The maximum Gasteiger partial charge on any atom is 0.273 e. The zero-order chi connectivity index (χ0) is 14.0. The lowest BCUT2D eigenvalue weighted by atomic mass is 10.2. The van der Waals surface area contributed by atoms with Gasteiger partial charge in [-0.15, -0.1) is 0 Å². The average Bonchev–Trinajstić information content (AvgIpc) is 2.65. The number of carbonyl (C=O) groups is 2. The second-order valence-corrected chi connectivity index (χ2v) is 5.45. The number of ether oxygens (including phenoxy) is 1. The molecule has 0 saturated carbocycles. The fourth-order valence-corrected chi connectivity index (χ4v) is 3.00. The van der Waals surface area contributed by atoms with Crippen molar-refractivity contribution in [1.82, 2.24) is 4.90 Å². The van der Waals surface area contributed by atoms with Crippen molar-refractivity contribution in [1.29, 1.82) is 0 Å². The molecule has 0 atom stereocenters. The molecule has 1 aromatic carbocycles. The number of amides is 2. The molecule has 0 radical (unpaired) electrons. The number of rotatable bonds is 2. The van der Waals surface area contributed by atoms with E-state index in [1.807, 2.05) is 18.2 Å². The van der Waals surface area contributed by atoms with E-state index < -0.39 is 0 Å². The normalized spacial score (nSPS) is 17.2. The first-order chi connectivity index (χ1) is 9.04. The molecule has 0 aliphatic carbocycles. The van der Waals surface area contributed by atoms with Crippen LogP contribution in [0.5, 0.6) is 5.75 Å². The van der Waals surface area contributed by atoms with E-state index >= 15 is 0 Å². The molecule has 0 N–H and O–H groups in total. The molecule has 1 aliphatic rings. The summed E-state index contributed by atoms with van der Waals surface area (Å²) in [5.74, 6) is -0.0880. The number of hydrogen-bond acceptors (Lipinski definition) is 5. The van der Waals surface area contributed by atoms with Gasteiger partial charge in [0.2, 0.25) is 5.91 Å². The molecule has 0 bridgehead atoms. The van der Waals surface area contributed by atoms with Crippen LogP contribution in [0.1, 0.15) is 12.5 Å². The molecule has 2 amide bonds. The fourth-order valence-electron chi connectivity index (χ4n) is 1.67. The summed E-state index contributed by atoms with van der Waals surface area (Å²) >= 11 is 6.14. The van der Waals surface area contributed by atoms with Crippen LogP contribution in [0.4, 0.5) is 0 Å². The van der Waals surface area contributed by atoms with Crippen molar-refractivity contribution in [3.05, 3.63) is 34.7 Å². The van der Waals surface area contributed by atoms with Gasteiger partial charge in [0.25, 0.3) is 5.91 Å². The topological polar surface area (TPSA) is 46.6 Å². The number of thiocarbonyl (C=S) groups is 1. The Labute approximate surface area is 120 Å². The second kappa shape index (κ2) is 5.54. The van der Waals surface area contributed by atoms with Crippen molar-refractivity contribution in [3.8, 4) is 5.75 Å². The van der Waals surface area contributed by atoms with Gasteiger partial charge in [0.15, 0.2) is 4.32 Å². The molecule has 0 aromatic heterocycles. The summed E-state index contributed by atoms with van der Waals surface area (Å²) in [4.78, 5) is 24.8. The Kier molecular flexibility index (Phi) is 4.01. The highest BCUT2D eigenvalue weighted by atomic mass is 32.2. The molecule has 1 aromatic rings. The van der Waals surface area contributed by atoms with E-state index in [1.165, 1.54) is 6.92 Å². The minimum absolute atomic E-state index is 0.263. The van der Waals surface area contributed by atoms with E-state index in [9.17, 15) is 9.59 Å². The summed E-state index contributed by atoms with van der Waals surface area (Å²) in [6, 6.07) is 7.33. The van der Waals surface area contributed by atoms with Gasteiger partial charge in [-0.1, -0.05) is 42.2 Å². The van der Waals surface area contributed by atoms with Crippen LogP contribution in [-0.2, 0) is 9.59 Å². The number of para-hydroxylation sites is 1. The third-order valence-corrected chi connectivity index (χ3v) is 3.84. The van der Waals surface area contributed by atoms with E-state index in [0.29, 0.717) is 10.7 Å². The van der Waals surface area contributed by atoms with Gasteiger partial charge >= 0.3 is 0 Å². The molecule has 98 valence electrons. The van der Waals surface area contributed by atoms with Gasteiger partial charge in [-0.05, 0) is 12.1 Å². The largest absolute Gasteiger partial charge is 0.496 e. The molecule has 0 spiro atoms. The Morgan fingerprint density at radius 2 is 2.11 bits per heavy atom. The Morgan fingerprint density at radius 1 is 1.42 bits per heavy atom. The van der Waals surface area contributed by atoms with Gasteiger partial charge in [-0.25, -0.2) is 4.90 Å². The van der Waals surface area contributed by atoms with Crippen LogP contribution >= 0.6 is 24.0 Å². The predicted octanol–water partition coefficient (Wildman–Crippen LogP) is 2.44. The van der Waals surface area contributed by atoms with E-state index in [4.69, 9.17) is 17.0 Å². The number of thioether (sulfide) groups is 1. The van der Waals surface area contributed by atoms with Crippen LogP contribution in [0.25, 0.3) is 6.08 Å². The number of methoxy groups -OCH3 is 1. The SMILES string of the molecule is COc1ccccc1C=C1SC(=S)N(C(C)=O)C1=O. The number of carbonyl (C=O) groups excluding carboxylic acids is 2. The van der Waals surface area contributed by atoms with Crippen molar-refractivity contribution in [2.75, 3.05) is 7.11 Å². The highest BCUT2D eigenvalue weighted by Crippen LogP contribution is 2.34. The minimum atomic E-state index is -0.381. The number of imide groups is 1. The van der Waals surface area contributed by atoms with Gasteiger partial charge in [-0.3, -0.25) is 9.59 Å². The molecule has 19 heavy (non-hydrogen) atoms. The second-order valence-electron chi connectivity index (χ2n) is 3.78. The summed E-state index contributed by atoms with van der Waals surface area (Å²) in [6.45, 7) is 1.32. The summed E-state index contributed by atoms with van der Waals surface area (Å²) < 4.78 is 5.48. The first-order valence-corrected chi connectivity index (χ1v) is 6.68. The van der Waals surface area contributed by atoms with E-state index in [0.717, 1.165) is 22.2 Å². The van der Waals surface area contributed by atoms with E-state index in [-0.39, 0.29) is 16.1 Å². The van der Waals surface area contributed by atoms with Gasteiger partial charge in [0.1, 0.15) is 5.75 Å². The van der Waals surface area contributed by atoms with Gasteiger partial charge in [-0.2, -0.15) is 0 Å². The summed E-state index contributed by atoms with van der Waals surface area (Å²) in [7, 11) is 1.56. The van der Waals surface area contributed by atoms with Crippen molar-refractivity contribution < 1.29 is 14.3 Å². The molecule has 0 unspecified atom stereocenters. The molecule has 1 saturated heterocycles. The monoisotopic (exact) mass is 293 g/mol. The molecule has 1 fully saturated rings. The molecule has 1 aliphatic heterocycles. The lowest BCUT2D eigenvalue weighted by Gasteiger charge is -2.08. The van der Waals surface area contributed by atoms with Crippen molar-refractivity contribution in [2.45, 2.75) is 6.92 Å². The maximum absolute atomic E-state index is 12.0. The summed E-state index contributed by atoms with van der Waals surface area (Å²) in [6.07, 6.45) is 1.68.